The van der Waals surface area contributed by atoms with Crippen molar-refractivity contribution in [3.8, 4) is 0 Å². The second kappa shape index (κ2) is 5.13. The molecule has 0 bridgehead atoms. The van der Waals surface area contributed by atoms with Crippen LogP contribution in [0.1, 0.15) is 47.0 Å². The summed E-state index contributed by atoms with van der Waals surface area (Å²) in [6, 6.07) is 0.689. The van der Waals surface area contributed by atoms with E-state index in [1.165, 1.54) is 32.4 Å². The minimum absolute atomic E-state index is 0.254. The van der Waals surface area contributed by atoms with Gasteiger partial charge in [0, 0.05) is 18.1 Å². The molecule has 84 valence electrons. The van der Waals surface area contributed by atoms with Crippen molar-refractivity contribution in [1.82, 2.24) is 10.2 Å². The maximum absolute atomic E-state index is 3.58. The SMILES string of the molecule is CC(CNC(C)(C)C)N1CCCCC1. The summed E-state index contributed by atoms with van der Waals surface area (Å²) in [5.74, 6) is 0. The van der Waals surface area contributed by atoms with Gasteiger partial charge in [-0.15, -0.1) is 0 Å². The zero-order valence-corrected chi connectivity index (χ0v) is 10.3. The van der Waals surface area contributed by atoms with Gasteiger partial charge in [-0.3, -0.25) is 4.90 Å². The fourth-order valence-corrected chi connectivity index (χ4v) is 1.94. The zero-order valence-electron chi connectivity index (χ0n) is 10.3. The van der Waals surface area contributed by atoms with Gasteiger partial charge in [-0.25, -0.2) is 0 Å². The summed E-state index contributed by atoms with van der Waals surface area (Å²) >= 11 is 0. The van der Waals surface area contributed by atoms with Crippen molar-refractivity contribution < 1.29 is 0 Å². The fraction of sp³-hybridized carbons (Fsp3) is 1.00. The molecule has 0 amide bonds. The van der Waals surface area contributed by atoms with Gasteiger partial charge in [-0.1, -0.05) is 6.42 Å². The molecule has 1 N–H and O–H groups in total. The van der Waals surface area contributed by atoms with Crippen LogP contribution in [-0.2, 0) is 0 Å². The van der Waals surface area contributed by atoms with E-state index in [1.807, 2.05) is 0 Å². The van der Waals surface area contributed by atoms with Gasteiger partial charge in [-0.2, -0.15) is 0 Å². The summed E-state index contributed by atoms with van der Waals surface area (Å²) in [7, 11) is 0. The summed E-state index contributed by atoms with van der Waals surface area (Å²) in [6.07, 6.45) is 4.20. The lowest BCUT2D eigenvalue weighted by Crippen LogP contribution is -2.47. The average Bonchev–Trinajstić information content (AvgIpc) is 2.14. The molecular weight excluding hydrogens is 172 g/mol. The Balaban J connectivity index is 2.23. The molecule has 1 atom stereocenters. The molecular formula is C12H26N2. The van der Waals surface area contributed by atoms with E-state index in [4.69, 9.17) is 0 Å². The summed E-state index contributed by atoms with van der Waals surface area (Å²) in [5.41, 5.74) is 0.254. The first-order valence-electron chi connectivity index (χ1n) is 5.98. The van der Waals surface area contributed by atoms with Crippen LogP contribution in [0.5, 0.6) is 0 Å². The lowest BCUT2D eigenvalue weighted by atomic mass is 10.1. The second-order valence-corrected chi connectivity index (χ2v) is 5.58. The van der Waals surface area contributed by atoms with Gasteiger partial charge in [0.1, 0.15) is 0 Å². The van der Waals surface area contributed by atoms with Crippen molar-refractivity contribution in [2.24, 2.45) is 0 Å². The van der Waals surface area contributed by atoms with E-state index >= 15 is 0 Å². The summed E-state index contributed by atoms with van der Waals surface area (Å²) < 4.78 is 0. The van der Waals surface area contributed by atoms with E-state index in [2.05, 4.69) is 37.9 Å². The monoisotopic (exact) mass is 198 g/mol. The summed E-state index contributed by atoms with van der Waals surface area (Å²) in [4.78, 5) is 2.61. The first kappa shape index (κ1) is 12.0. The Morgan fingerprint density at radius 1 is 1.14 bits per heavy atom. The van der Waals surface area contributed by atoms with Crippen molar-refractivity contribution in [3.05, 3.63) is 0 Å². The highest BCUT2D eigenvalue weighted by molar-refractivity contribution is 4.77. The molecule has 2 nitrogen and oxygen atoms in total. The van der Waals surface area contributed by atoms with Crippen molar-refractivity contribution in [2.45, 2.75) is 58.5 Å². The molecule has 2 heteroatoms. The van der Waals surface area contributed by atoms with E-state index in [9.17, 15) is 0 Å². The quantitative estimate of drug-likeness (QED) is 0.748. The Morgan fingerprint density at radius 2 is 1.71 bits per heavy atom. The van der Waals surface area contributed by atoms with Gasteiger partial charge in [0.2, 0.25) is 0 Å². The predicted molar refractivity (Wildman–Crippen MR) is 62.6 cm³/mol. The van der Waals surface area contributed by atoms with Gasteiger partial charge in [0.15, 0.2) is 0 Å². The van der Waals surface area contributed by atoms with E-state index in [1.54, 1.807) is 0 Å². The lowest BCUT2D eigenvalue weighted by molar-refractivity contribution is 0.164. The van der Waals surface area contributed by atoms with E-state index in [0.717, 1.165) is 6.54 Å². The smallest absolute Gasteiger partial charge is 0.0192 e. The molecule has 1 unspecified atom stereocenters. The minimum atomic E-state index is 0.254. The third-order valence-corrected chi connectivity index (χ3v) is 2.94. The van der Waals surface area contributed by atoms with Crippen molar-refractivity contribution in [1.29, 1.82) is 0 Å². The third kappa shape index (κ3) is 4.43. The highest BCUT2D eigenvalue weighted by Gasteiger charge is 2.18. The maximum Gasteiger partial charge on any atom is 0.0192 e. The molecule has 1 heterocycles. The van der Waals surface area contributed by atoms with Crippen LogP contribution < -0.4 is 5.32 Å². The molecule has 1 aliphatic heterocycles. The van der Waals surface area contributed by atoms with Gasteiger partial charge in [0.05, 0.1) is 0 Å². The minimum Gasteiger partial charge on any atom is -0.311 e. The van der Waals surface area contributed by atoms with Crippen LogP contribution in [0.25, 0.3) is 0 Å². The van der Waals surface area contributed by atoms with Gasteiger partial charge < -0.3 is 5.32 Å². The number of nitrogens with zero attached hydrogens (tertiary/aromatic N) is 1. The first-order valence-corrected chi connectivity index (χ1v) is 5.98. The Kier molecular flexibility index (Phi) is 4.39. The van der Waals surface area contributed by atoms with Gasteiger partial charge in [-0.05, 0) is 53.6 Å². The predicted octanol–water partition coefficient (Wildman–Crippen LogP) is 2.25. The number of piperidine rings is 1. The van der Waals surface area contributed by atoms with Gasteiger partial charge >= 0.3 is 0 Å². The van der Waals surface area contributed by atoms with Crippen LogP contribution in [0, 0.1) is 0 Å². The number of hydrogen-bond acceptors (Lipinski definition) is 2. The Morgan fingerprint density at radius 3 is 2.21 bits per heavy atom. The van der Waals surface area contributed by atoms with E-state index in [0.29, 0.717) is 6.04 Å². The molecule has 1 fully saturated rings. The first-order chi connectivity index (χ1) is 6.49. The van der Waals surface area contributed by atoms with Crippen LogP contribution in [0.3, 0.4) is 0 Å². The molecule has 0 aliphatic carbocycles. The maximum atomic E-state index is 3.58. The van der Waals surface area contributed by atoms with Crippen LogP contribution in [0.15, 0.2) is 0 Å². The van der Waals surface area contributed by atoms with Crippen LogP contribution >= 0.6 is 0 Å². The zero-order chi connectivity index (χ0) is 10.6. The molecule has 14 heavy (non-hydrogen) atoms. The topological polar surface area (TPSA) is 15.3 Å². The van der Waals surface area contributed by atoms with Crippen LogP contribution in [0.2, 0.25) is 0 Å². The molecule has 0 saturated carbocycles. The largest absolute Gasteiger partial charge is 0.311 e. The Bertz CT molecular complexity index is 154. The van der Waals surface area contributed by atoms with E-state index in [-0.39, 0.29) is 5.54 Å². The molecule has 0 spiro atoms. The molecule has 0 aromatic carbocycles. The fourth-order valence-electron chi connectivity index (χ4n) is 1.94. The van der Waals surface area contributed by atoms with Crippen LogP contribution in [0.4, 0.5) is 0 Å². The second-order valence-electron chi connectivity index (χ2n) is 5.58. The van der Waals surface area contributed by atoms with Crippen molar-refractivity contribution in [2.75, 3.05) is 19.6 Å². The molecule has 1 aliphatic rings. The number of likely N-dealkylation sites (tertiary alicyclic amines) is 1. The lowest BCUT2D eigenvalue weighted by Gasteiger charge is -2.34. The van der Waals surface area contributed by atoms with Crippen molar-refractivity contribution >= 4 is 0 Å². The van der Waals surface area contributed by atoms with E-state index < -0.39 is 0 Å². The van der Waals surface area contributed by atoms with Gasteiger partial charge in [0.25, 0.3) is 0 Å². The highest BCUT2D eigenvalue weighted by Crippen LogP contribution is 2.12. The number of nitrogens with one attached hydrogen (secondary N) is 1. The average molecular weight is 198 g/mol. The summed E-state index contributed by atoms with van der Waals surface area (Å²) in [6.45, 7) is 12.7. The number of rotatable bonds is 3. The van der Waals surface area contributed by atoms with Crippen molar-refractivity contribution in [3.63, 3.8) is 0 Å². The molecule has 0 aromatic heterocycles. The normalized spacial score (nSPS) is 22.3. The summed E-state index contributed by atoms with van der Waals surface area (Å²) in [5, 5.41) is 3.58. The molecule has 0 aromatic rings. The molecule has 1 saturated heterocycles. The third-order valence-electron chi connectivity index (χ3n) is 2.94. The molecule has 1 rings (SSSR count). The standard InChI is InChI=1S/C12H26N2/c1-11(10-13-12(2,3)4)14-8-6-5-7-9-14/h11,13H,5-10H2,1-4H3. The highest BCUT2D eigenvalue weighted by atomic mass is 15.2. The molecule has 0 radical (unpaired) electrons. The Hall–Kier alpha value is -0.0800. The Labute approximate surface area is 89.1 Å². The van der Waals surface area contributed by atoms with Crippen LogP contribution in [-0.4, -0.2) is 36.1 Å². The number of hydrogen-bond donors (Lipinski definition) is 1.